The van der Waals surface area contributed by atoms with Crippen LogP contribution in [0.25, 0.3) is 0 Å². The Kier molecular flexibility index (Phi) is 5.75. The van der Waals surface area contributed by atoms with Crippen LogP contribution in [0.1, 0.15) is 12.8 Å². The largest absolute Gasteiger partial charge is 0.326 e. The fourth-order valence-corrected chi connectivity index (χ4v) is 4.08. The first-order chi connectivity index (χ1) is 11.5. The molecule has 0 aromatic heterocycles. The van der Waals surface area contributed by atoms with Gasteiger partial charge in [-0.05, 0) is 31.0 Å². The van der Waals surface area contributed by atoms with Gasteiger partial charge in [-0.25, -0.2) is 21.1 Å². The first-order valence-electron chi connectivity index (χ1n) is 7.78. The molecule has 1 amide bonds. The zero-order valence-corrected chi connectivity index (χ0v) is 16.1. The molecule has 1 aromatic rings. The highest BCUT2D eigenvalue weighted by atomic mass is 32.2. The van der Waals surface area contributed by atoms with E-state index < -0.39 is 26.0 Å². The molecule has 0 radical (unpaired) electrons. The van der Waals surface area contributed by atoms with Crippen molar-refractivity contribution in [2.75, 3.05) is 42.3 Å². The minimum atomic E-state index is -3.40. The average Bonchev–Trinajstić information content (AvgIpc) is 2.53. The Morgan fingerprint density at radius 3 is 2.52 bits per heavy atom. The fraction of sp³-hybridized carbons (Fsp3) is 0.533. The molecule has 8 nitrogen and oxygen atoms in total. The molecular weight excluding hydrogens is 366 g/mol. The maximum atomic E-state index is 12.5. The summed E-state index contributed by atoms with van der Waals surface area (Å²) in [5.74, 6) is -0.702. The number of rotatable bonds is 5. The second-order valence-electron chi connectivity index (χ2n) is 6.23. The van der Waals surface area contributed by atoms with Crippen molar-refractivity contribution >= 4 is 37.3 Å². The molecule has 1 atom stereocenters. The minimum Gasteiger partial charge on any atom is -0.326 e. The average molecular weight is 389 g/mol. The molecule has 0 spiro atoms. The van der Waals surface area contributed by atoms with Crippen LogP contribution in [0, 0.1) is 5.92 Å². The van der Waals surface area contributed by atoms with E-state index in [1.54, 1.807) is 24.3 Å². The predicted molar refractivity (Wildman–Crippen MR) is 97.5 cm³/mol. The zero-order chi connectivity index (χ0) is 18.8. The van der Waals surface area contributed by atoms with Crippen LogP contribution in [-0.2, 0) is 24.8 Å². The summed E-state index contributed by atoms with van der Waals surface area (Å²) in [5.41, 5.74) is 0.899. The normalized spacial score (nSPS) is 19.4. The lowest BCUT2D eigenvalue weighted by Gasteiger charge is -2.30. The van der Waals surface area contributed by atoms with Crippen LogP contribution in [0.5, 0.6) is 0 Å². The summed E-state index contributed by atoms with van der Waals surface area (Å²) >= 11 is 0. The van der Waals surface area contributed by atoms with Gasteiger partial charge in [0.1, 0.15) is 0 Å². The van der Waals surface area contributed by atoms with Gasteiger partial charge in [0.25, 0.3) is 0 Å². The van der Waals surface area contributed by atoms with Gasteiger partial charge in [0.2, 0.25) is 26.0 Å². The number of nitrogens with one attached hydrogen (secondary N) is 1. The Bertz CT molecular complexity index is 852. The number of amides is 1. The number of carbonyl (C=O) groups excluding carboxylic acids is 1. The van der Waals surface area contributed by atoms with Crippen LogP contribution in [0.3, 0.4) is 0 Å². The number of carbonyl (C=O) groups is 1. The summed E-state index contributed by atoms with van der Waals surface area (Å²) in [7, 11) is -5.29. The number of sulfonamides is 2. The van der Waals surface area contributed by atoms with Gasteiger partial charge in [0, 0.05) is 25.8 Å². The lowest BCUT2D eigenvalue weighted by atomic mass is 9.98. The van der Waals surface area contributed by atoms with E-state index in [9.17, 15) is 21.6 Å². The molecule has 2 rings (SSSR count). The van der Waals surface area contributed by atoms with E-state index in [1.165, 1.54) is 11.4 Å². The molecule has 1 aromatic carbocycles. The molecular formula is C15H23N3O5S2. The van der Waals surface area contributed by atoms with E-state index in [-0.39, 0.29) is 12.5 Å². The fourth-order valence-electron chi connectivity index (χ4n) is 2.67. The highest BCUT2D eigenvalue weighted by molar-refractivity contribution is 7.92. The quantitative estimate of drug-likeness (QED) is 0.798. The summed E-state index contributed by atoms with van der Waals surface area (Å²) in [6, 6.07) is 6.50. The molecule has 0 aliphatic carbocycles. The Morgan fingerprint density at radius 2 is 1.92 bits per heavy atom. The molecule has 1 aliphatic rings. The maximum Gasteiger partial charge on any atom is 0.231 e. The van der Waals surface area contributed by atoms with Crippen molar-refractivity contribution in [2.45, 2.75) is 12.8 Å². The lowest BCUT2D eigenvalue weighted by molar-refractivity contribution is -0.120. The highest BCUT2D eigenvalue weighted by Crippen LogP contribution is 2.23. The number of hydrogen-bond donors (Lipinski definition) is 1. The van der Waals surface area contributed by atoms with E-state index in [4.69, 9.17) is 0 Å². The van der Waals surface area contributed by atoms with Crippen molar-refractivity contribution in [1.82, 2.24) is 4.31 Å². The summed E-state index contributed by atoms with van der Waals surface area (Å²) in [6.45, 7) is 0.588. The van der Waals surface area contributed by atoms with E-state index in [0.717, 1.165) is 16.8 Å². The molecule has 0 saturated carbocycles. The van der Waals surface area contributed by atoms with E-state index in [2.05, 4.69) is 5.32 Å². The first-order valence-corrected chi connectivity index (χ1v) is 11.5. The lowest BCUT2D eigenvalue weighted by Crippen LogP contribution is -2.43. The molecule has 1 fully saturated rings. The van der Waals surface area contributed by atoms with Gasteiger partial charge >= 0.3 is 0 Å². The molecule has 0 bridgehead atoms. The van der Waals surface area contributed by atoms with Crippen molar-refractivity contribution in [2.24, 2.45) is 5.92 Å². The van der Waals surface area contributed by atoms with Crippen molar-refractivity contribution in [3.63, 3.8) is 0 Å². The number of benzene rings is 1. The van der Waals surface area contributed by atoms with Crippen LogP contribution in [0.4, 0.5) is 11.4 Å². The van der Waals surface area contributed by atoms with Crippen LogP contribution >= 0.6 is 0 Å². The topological polar surface area (TPSA) is 104 Å². The van der Waals surface area contributed by atoms with Crippen LogP contribution in [-0.4, -0.2) is 59.7 Å². The summed E-state index contributed by atoms with van der Waals surface area (Å²) in [5, 5.41) is 2.75. The minimum absolute atomic E-state index is 0.160. The van der Waals surface area contributed by atoms with Gasteiger partial charge in [0.15, 0.2) is 0 Å². The highest BCUT2D eigenvalue weighted by Gasteiger charge is 2.30. The van der Waals surface area contributed by atoms with Gasteiger partial charge in [-0.1, -0.05) is 6.07 Å². The summed E-state index contributed by atoms with van der Waals surface area (Å²) in [4.78, 5) is 12.5. The Labute approximate surface area is 148 Å². The summed E-state index contributed by atoms with van der Waals surface area (Å²) < 4.78 is 49.0. The van der Waals surface area contributed by atoms with Crippen LogP contribution in [0.2, 0.25) is 0 Å². The number of nitrogens with zero attached hydrogens (tertiary/aromatic N) is 2. The number of anilines is 2. The van der Waals surface area contributed by atoms with Crippen molar-refractivity contribution in [3.05, 3.63) is 24.3 Å². The van der Waals surface area contributed by atoms with E-state index in [0.29, 0.717) is 30.8 Å². The molecule has 1 aliphatic heterocycles. The molecule has 140 valence electrons. The van der Waals surface area contributed by atoms with Gasteiger partial charge in [-0.2, -0.15) is 0 Å². The molecule has 1 N–H and O–H groups in total. The summed E-state index contributed by atoms with van der Waals surface area (Å²) in [6.07, 6.45) is 3.47. The van der Waals surface area contributed by atoms with Gasteiger partial charge < -0.3 is 5.32 Å². The molecule has 0 unspecified atom stereocenters. The maximum absolute atomic E-state index is 12.5. The van der Waals surface area contributed by atoms with Crippen molar-refractivity contribution < 1.29 is 21.6 Å². The van der Waals surface area contributed by atoms with Gasteiger partial charge in [-0.15, -0.1) is 0 Å². The molecule has 1 saturated heterocycles. The van der Waals surface area contributed by atoms with Crippen LogP contribution in [0.15, 0.2) is 24.3 Å². The van der Waals surface area contributed by atoms with Crippen LogP contribution < -0.4 is 9.62 Å². The molecule has 1 heterocycles. The third-order valence-corrected chi connectivity index (χ3v) is 6.67. The predicted octanol–water partition coefficient (Wildman–Crippen LogP) is 0.692. The smallest absolute Gasteiger partial charge is 0.231 e. The third-order valence-electron chi connectivity index (χ3n) is 4.20. The number of hydrogen-bond acceptors (Lipinski definition) is 5. The Hall–Kier alpha value is -1.65. The molecule has 10 heteroatoms. The van der Waals surface area contributed by atoms with Crippen molar-refractivity contribution in [3.8, 4) is 0 Å². The standard InChI is InChI=1S/C15H23N3O5S2/c1-17(24(2,20)21)14-8-4-7-13(10-14)16-15(19)12-6-5-9-18(11-12)25(3,22)23/h4,7-8,10,12H,5-6,9,11H2,1-3H3,(H,16,19)/t12-/m0/s1. The molecule has 25 heavy (non-hydrogen) atoms. The third kappa shape index (κ3) is 5.16. The Balaban J connectivity index is 2.11. The second-order valence-corrected chi connectivity index (χ2v) is 10.2. The van der Waals surface area contributed by atoms with E-state index >= 15 is 0 Å². The number of piperidine rings is 1. The first kappa shape index (κ1) is 19.7. The van der Waals surface area contributed by atoms with Crippen molar-refractivity contribution in [1.29, 1.82) is 0 Å². The monoisotopic (exact) mass is 389 g/mol. The van der Waals surface area contributed by atoms with E-state index in [1.807, 2.05) is 0 Å². The second kappa shape index (κ2) is 7.30. The SMILES string of the molecule is CN(c1cccc(NC(=O)[C@H]2CCCN(S(C)(=O)=O)C2)c1)S(C)(=O)=O. The zero-order valence-electron chi connectivity index (χ0n) is 14.5. The van der Waals surface area contributed by atoms with Gasteiger partial charge in [-0.3, -0.25) is 9.10 Å². The van der Waals surface area contributed by atoms with Gasteiger partial charge in [0.05, 0.1) is 24.1 Å². The Morgan fingerprint density at radius 1 is 1.24 bits per heavy atom.